The lowest BCUT2D eigenvalue weighted by Gasteiger charge is -1.97. The predicted octanol–water partition coefficient (Wildman–Crippen LogP) is 2.06. The molecule has 4 nitrogen and oxygen atoms in total. The molecule has 0 aliphatic rings. The Kier molecular flexibility index (Phi) is 2.94. The fraction of sp³-hybridized carbons (Fsp3) is 0.273. The minimum Gasteiger partial charge on any atom is -0.361 e. The normalized spacial score (nSPS) is 10.8. The van der Waals surface area contributed by atoms with Gasteiger partial charge in [-0.3, -0.25) is 10.1 Å². The van der Waals surface area contributed by atoms with Gasteiger partial charge >= 0.3 is 0 Å². The van der Waals surface area contributed by atoms with Crippen LogP contribution in [0.4, 0.5) is 5.69 Å². The molecule has 0 radical (unpaired) electrons. The Morgan fingerprint density at radius 1 is 1.44 bits per heavy atom. The summed E-state index contributed by atoms with van der Waals surface area (Å²) < 4.78 is 0. The van der Waals surface area contributed by atoms with Crippen LogP contribution in [-0.2, 0) is 6.42 Å². The molecule has 1 heterocycles. The third-order valence-corrected chi connectivity index (χ3v) is 2.76. The zero-order chi connectivity index (χ0) is 11.5. The summed E-state index contributed by atoms with van der Waals surface area (Å²) in [4.78, 5) is 13.5. The number of rotatable bonds is 4. The number of nitro groups is 1. The van der Waals surface area contributed by atoms with Gasteiger partial charge in [-0.05, 0) is 18.1 Å². The summed E-state index contributed by atoms with van der Waals surface area (Å²) >= 11 is 0. The van der Waals surface area contributed by atoms with E-state index < -0.39 is 0 Å². The third-order valence-electron chi connectivity index (χ3n) is 2.76. The predicted molar refractivity (Wildman–Crippen MR) is 66.6 cm³/mol. The summed E-state index contributed by atoms with van der Waals surface area (Å²) in [6.45, 7) is 0. The standard InChI is InChI=1S/C11H13BN2O2/c12-5-1-2-8-7-13-11-4-3-9(14(15)16)6-10(8)11/h3-4,6-7,13H,1-2,5,12H2. The molecule has 0 aliphatic carbocycles. The summed E-state index contributed by atoms with van der Waals surface area (Å²) in [5.74, 6) is 0. The molecule has 16 heavy (non-hydrogen) atoms. The molecular formula is C11H13BN2O2. The van der Waals surface area contributed by atoms with Crippen molar-refractivity contribution in [2.24, 2.45) is 0 Å². The second-order valence-corrected chi connectivity index (χ2v) is 3.90. The van der Waals surface area contributed by atoms with E-state index in [2.05, 4.69) is 12.8 Å². The van der Waals surface area contributed by atoms with E-state index in [0.29, 0.717) is 0 Å². The maximum Gasteiger partial charge on any atom is 0.270 e. The highest BCUT2D eigenvalue weighted by Gasteiger charge is 2.09. The molecule has 0 amide bonds. The molecule has 0 fully saturated rings. The number of aromatic amines is 1. The quantitative estimate of drug-likeness (QED) is 0.483. The van der Waals surface area contributed by atoms with Crippen molar-refractivity contribution < 1.29 is 4.92 Å². The molecule has 0 atom stereocenters. The van der Waals surface area contributed by atoms with Crippen molar-refractivity contribution in [3.05, 3.63) is 40.1 Å². The number of hydrogen-bond donors (Lipinski definition) is 1. The molecule has 0 spiro atoms. The van der Waals surface area contributed by atoms with E-state index in [4.69, 9.17) is 0 Å². The number of nitro benzene ring substituents is 1. The van der Waals surface area contributed by atoms with Gasteiger partial charge < -0.3 is 4.98 Å². The first-order valence-electron chi connectivity index (χ1n) is 5.46. The molecular weight excluding hydrogens is 203 g/mol. The van der Waals surface area contributed by atoms with Crippen LogP contribution in [0.3, 0.4) is 0 Å². The fourth-order valence-corrected chi connectivity index (χ4v) is 1.85. The van der Waals surface area contributed by atoms with Crippen LogP contribution in [0.2, 0.25) is 6.32 Å². The molecule has 5 heteroatoms. The first-order valence-corrected chi connectivity index (χ1v) is 5.46. The number of fused-ring (bicyclic) bond motifs is 1. The summed E-state index contributed by atoms with van der Waals surface area (Å²) in [6.07, 6.45) is 5.15. The Labute approximate surface area is 94.2 Å². The number of H-pyrrole nitrogens is 1. The van der Waals surface area contributed by atoms with Gasteiger partial charge in [0.1, 0.15) is 7.85 Å². The van der Waals surface area contributed by atoms with E-state index in [1.54, 1.807) is 12.1 Å². The number of aromatic nitrogens is 1. The maximum atomic E-state index is 10.7. The highest BCUT2D eigenvalue weighted by molar-refractivity contribution is 6.08. The Morgan fingerprint density at radius 2 is 2.25 bits per heavy atom. The SMILES string of the molecule is BCCCc1c[nH]c2ccc([N+](=O)[O-])cc12. The first-order chi connectivity index (χ1) is 7.72. The van der Waals surface area contributed by atoms with Gasteiger partial charge in [-0.2, -0.15) is 0 Å². The van der Waals surface area contributed by atoms with Gasteiger partial charge in [0, 0.05) is 29.2 Å². The van der Waals surface area contributed by atoms with E-state index in [9.17, 15) is 10.1 Å². The van der Waals surface area contributed by atoms with Gasteiger partial charge in [0.25, 0.3) is 5.69 Å². The van der Waals surface area contributed by atoms with Crippen LogP contribution >= 0.6 is 0 Å². The molecule has 82 valence electrons. The zero-order valence-electron chi connectivity index (χ0n) is 9.19. The van der Waals surface area contributed by atoms with Crippen molar-refractivity contribution >= 4 is 24.4 Å². The van der Waals surface area contributed by atoms with Crippen molar-refractivity contribution in [1.29, 1.82) is 0 Å². The van der Waals surface area contributed by atoms with Crippen molar-refractivity contribution in [3.63, 3.8) is 0 Å². The topological polar surface area (TPSA) is 58.9 Å². The van der Waals surface area contributed by atoms with Crippen molar-refractivity contribution in [2.75, 3.05) is 0 Å². The van der Waals surface area contributed by atoms with Crippen LogP contribution in [0, 0.1) is 10.1 Å². The van der Waals surface area contributed by atoms with Gasteiger partial charge in [0.15, 0.2) is 0 Å². The molecule has 0 aliphatic heterocycles. The highest BCUT2D eigenvalue weighted by atomic mass is 16.6. The van der Waals surface area contributed by atoms with Crippen molar-refractivity contribution in [1.82, 2.24) is 4.98 Å². The van der Waals surface area contributed by atoms with Crippen molar-refractivity contribution in [2.45, 2.75) is 19.2 Å². The maximum absolute atomic E-state index is 10.7. The van der Waals surface area contributed by atoms with E-state index in [1.807, 2.05) is 6.20 Å². The number of non-ortho nitro benzene ring substituents is 1. The van der Waals surface area contributed by atoms with Gasteiger partial charge in [-0.15, -0.1) is 0 Å². The van der Waals surface area contributed by atoms with Gasteiger partial charge in [-0.1, -0.05) is 12.7 Å². The largest absolute Gasteiger partial charge is 0.361 e. The summed E-state index contributed by atoms with van der Waals surface area (Å²) in [6, 6.07) is 4.95. The number of nitrogens with one attached hydrogen (secondary N) is 1. The monoisotopic (exact) mass is 216 g/mol. The van der Waals surface area contributed by atoms with E-state index in [-0.39, 0.29) is 10.6 Å². The molecule has 0 saturated carbocycles. The second-order valence-electron chi connectivity index (χ2n) is 3.90. The van der Waals surface area contributed by atoms with Gasteiger partial charge in [0.2, 0.25) is 0 Å². The average Bonchev–Trinajstić information content (AvgIpc) is 2.68. The number of nitrogens with zero attached hydrogens (tertiary/aromatic N) is 1. The summed E-state index contributed by atoms with van der Waals surface area (Å²) in [5, 5.41) is 11.7. The molecule has 1 aromatic carbocycles. The van der Waals surface area contributed by atoms with Crippen LogP contribution in [-0.4, -0.2) is 17.8 Å². The van der Waals surface area contributed by atoms with Crippen molar-refractivity contribution in [3.8, 4) is 0 Å². The van der Waals surface area contributed by atoms with Crippen LogP contribution < -0.4 is 0 Å². The van der Waals surface area contributed by atoms with Crippen LogP contribution in [0.15, 0.2) is 24.4 Å². The fourth-order valence-electron chi connectivity index (χ4n) is 1.85. The Balaban J connectivity index is 2.43. The molecule has 0 saturated heterocycles. The molecule has 2 rings (SSSR count). The Bertz CT molecular complexity index is 522. The molecule has 1 N–H and O–H groups in total. The molecule has 1 aromatic heterocycles. The van der Waals surface area contributed by atoms with E-state index in [1.165, 1.54) is 11.6 Å². The zero-order valence-corrected chi connectivity index (χ0v) is 9.19. The summed E-state index contributed by atoms with van der Waals surface area (Å²) in [7, 11) is 2.14. The number of benzene rings is 1. The number of aryl methyl sites for hydroxylation is 1. The lowest BCUT2D eigenvalue weighted by Crippen LogP contribution is -1.88. The van der Waals surface area contributed by atoms with E-state index >= 15 is 0 Å². The number of hydrogen-bond acceptors (Lipinski definition) is 2. The van der Waals surface area contributed by atoms with Gasteiger partial charge in [0.05, 0.1) is 4.92 Å². The molecule has 0 bridgehead atoms. The smallest absolute Gasteiger partial charge is 0.270 e. The highest BCUT2D eigenvalue weighted by Crippen LogP contribution is 2.24. The average molecular weight is 216 g/mol. The minimum atomic E-state index is -0.351. The Morgan fingerprint density at radius 3 is 2.94 bits per heavy atom. The second kappa shape index (κ2) is 4.39. The van der Waals surface area contributed by atoms with Crippen LogP contribution in [0.5, 0.6) is 0 Å². The molecule has 2 aromatic rings. The Hall–Kier alpha value is -1.78. The van der Waals surface area contributed by atoms with E-state index in [0.717, 1.165) is 30.1 Å². The lowest BCUT2D eigenvalue weighted by molar-refractivity contribution is -0.384. The third kappa shape index (κ3) is 1.93. The summed E-state index contributed by atoms with van der Waals surface area (Å²) in [5.41, 5.74) is 2.29. The lowest BCUT2D eigenvalue weighted by atomic mass is 9.97. The molecule has 0 unspecified atom stereocenters. The van der Waals surface area contributed by atoms with Crippen LogP contribution in [0.1, 0.15) is 12.0 Å². The minimum absolute atomic E-state index is 0.157. The first kappa shape index (κ1) is 10.7. The van der Waals surface area contributed by atoms with Gasteiger partial charge in [-0.25, -0.2) is 0 Å². The van der Waals surface area contributed by atoms with Crippen LogP contribution in [0.25, 0.3) is 10.9 Å².